The molecule has 16 heteroatoms. The van der Waals surface area contributed by atoms with Crippen molar-refractivity contribution in [1.29, 1.82) is 0 Å². The van der Waals surface area contributed by atoms with Crippen LogP contribution in [0.15, 0.2) is 10.2 Å². The fraction of sp³-hybridized carbons (Fsp3) is 0.882. The molecule has 0 rings (SSSR count). The molecule has 1 N–H and O–H groups in total. The number of halogens is 5. The van der Waals surface area contributed by atoms with Crippen LogP contribution in [0.1, 0.15) is 34.6 Å². The van der Waals surface area contributed by atoms with Crippen molar-refractivity contribution in [2.75, 3.05) is 51.3 Å². The van der Waals surface area contributed by atoms with Crippen LogP contribution in [0.25, 0.3) is 20.9 Å². The summed E-state index contributed by atoms with van der Waals surface area (Å²) in [5.74, 6) is -0.349. The quantitative estimate of drug-likeness (QED) is 0.0528. The molecule has 0 heterocycles. The summed E-state index contributed by atoms with van der Waals surface area (Å²) in [6, 6.07) is 0. The molecular formula is C17H34Br3Cl2N7O4. The van der Waals surface area contributed by atoms with Crippen molar-refractivity contribution in [2.24, 2.45) is 10.2 Å². The third-order valence-corrected chi connectivity index (χ3v) is 4.83. The van der Waals surface area contributed by atoms with Crippen LogP contribution in [0.5, 0.6) is 0 Å². The van der Waals surface area contributed by atoms with Gasteiger partial charge in [-0.2, -0.15) is 0 Å². The van der Waals surface area contributed by atoms with Crippen LogP contribution in [0.3, 0.4) is 0 Å². The van der Waals surface area contributed by atoms with Crippen LogP contribution in [0.4, 0.5) is 0 Å². The minimum absolute atomic E-state index is 0.0116. The molecule has 2 unspecified atom stereocenters. The zero-order chi connectivity index (χ0) is 27.1. The number of hydrogen-bond donors (Lipinski definition) is 1. The molecule has 0 amide bonds. The number of aliphatic hydroxyl groups is 1. The number of carbonyl (C=O) groups excluding carboxylic acids is 2. The van der Waals surface area contributed by atoms with Crippen LogP contribution < -0.4 is 0 Å². The summed E-state index contributed by atoms with van der Waals surface area (Å²) in [4.78, 5) is 27.6. The highest BCUT2D eigenvalue weighted by Crippen LogP contribution is 2.02. The molecule has 0 aliphatic rings. The number of rotatable bonds is 10. The summed E-state index contributed by atoms with van der Waals surface area (Å²) >= 11 is 18.4. The van der Waals surface area contributed by atoms with Gasteiger partial charge < -0.3 is 14.7 Å². The van der Waals surface area contributed by atoms with Gasteiger partial charge in [0.2, 0.25) is 4.69 Å². The Kier molecular flexibility index (Phi) is 50.5. The normalized spacial score (nSPS) is 10.3. The molecule has 0 spiro atoms. The molecule has 0 aliphatic carbocycles. The first-order valence-corrected chi connectivity index (χ1v) is 13.3. The van der Waals surface area contributed by atoms with Gasteiger partial charge in [0.15, 0.2) is 0 Å². The number of azide groups is 2. The Morgan fingerprint density at radius 2 is 1.36 bits per heavy atom. The number of ether oxygens (including phenoxy) is 1. The smallest absolute Gasteiger partial charge is 0.319 e. The monoisotopic (exact) mass is 707 g/mol. The fourth-order valence-corrected chi connectivity index (χ4v) is 1.24. The van der Waals surface area contributed by atoms with E-state index in [1.807, 2.05) is 0 Å². The third-order valence-electron chi connectivity index (χ3n) is 2.74. The van der Waals surface area contributed by atoms with E-state index in [2.05, 4.69) is 98.2 Å². The van der Waals surface area contributed by atoms with Gasteiger partial charge in [0.25, 0.3) is 0 Å². The molecule has 2 atom stereocenters. The second-order valence-electron chi connectivity index (χ2n) is 5.06. The van der Waals surface area contributed by atoms with Gasteiger partial charge in [-0.05, 0) is 60.5 Å². The molecule has 33 heavy (non-hydrogen) atoms. The predicted molar refractivity (Wildman–Crippen MR) is 147 cm³/mol. The minimum atomic E-state index is -0.349. The average Bonchev–Trinajstić information content (AvgIpc) is 2.78. The van der Waals surface area contributed by atoms with E-state index in [0.29, 0.717) is 0 Å². The first kappa shape index (κ1) is 42.8. The SMILES string of the molecule is CC(Br)C(=O)Br.CC(Br)C(=O)OCCN=[N+]=[N-].CCN(CC)CC.ClCCl.[N-]=[N+]=NCCO. The van der Waals surface area contributed by atoms with Gasteiger partial charge in [-0.3, -0.25) is 9.59 Å². The second-order valence-corrected chi connectivity index (χ2v) is 9.39. The zero-order valence-corrected chi connectivity index (χ0v) is 25.8. The minimum Gasteiger partial charge on any atom is -0.465 e. The highest BCUT2D eigenvalue weighted by atomic mass is 79.9. The molecule has 196 valence electrons. The molecule has 0 saturated carbocycles. The Morgan fingerprint density at radius 1 is 1.00 bits per heavy atom. The van der Waals surface area contributed by atoms with Gasteiger partial charge in [-0.1, -0.05) is 62.9 Å². The highest BCUT2D eigenvalue weighted by Gasteiger charge is 2.08. The second kappa shape index (κ2) is 38.9. The van der Waals surface area contributed by atoms with Gasteiger partial charge in [-0.25, -0.2) is 0 Å². The lowest BCUT2D eigenvalue weighted by molar-refractivity contribution is -0.142. The number of esters is 1. The Labute approximate surface area is 231 Å². The van der Waals surface area contributed by atoms with E-state index in [0.717, 1.165) is 0 Å². The molecule has 0 saturated heterocycles. The summed E-state index contributed by atoms with van der Waals surface area (Å²) in [7, 11) is 0. The zero-order valence-electron chi connectivity index (χ0n) is 19.5. The Balaban J connectivity index is -0.000000105. The van der Waals surface area contributed by atoms with E-state index in [9.17, 15) is 9.59 Å². The number of carbonyl (C=O) groups is 2. The van der Waals surface area contributed by atoms with Crippen molar-refractivity contribution in [2.45, 2.75) is 44.3 Å². The van der Waals surface area contributed by atoms with Crippen molar-refractivity contribution in [3.8, 4) is 0 Å². The van der Waals surface area contributed by atoms with E-state index in [-0.39, 0.29) is 52.0 Å². The number of hydrogen-bond acceptors (Lipinski definition) is 7. The first-order valence-electron chi connectivity index (χ1n) is 9.61. The van der Waals surface area contributed by atoms with E-state index >= 15 is 0 Å². The summed E-state index contributed by atoms with van der Waals surface area (Å²) in [6.07, 6.45) is 0. The highest BCUT2D eigenvalue weighted by molar-refractivity contribution is 9.20. The van der Waals surface area contributed by atoms with Gasteiger partial charge in [0.1, 0.15) is 4.83 Å². The van der Waals surface area contributed by atoms with Gasteiger partial charge in [0.05, 0.1) is 23.3 Å². The predicted octanol–water partition coefficient (Wildman–Crippen LogP) is 6.37. The third kappa shape index (κ3) is 54.3. The molecule has 0 aromatic carbocycles. The molecule has 0 fully saturated rings. The molecule has 0 bridgehead atoms. The Morgan fingerprint density at radius 3 is 1.55 bits per heavy atom. The standard InChI is InChI=1S/C6H15N.C5H8BrN3O2.C3H4Br2O.C2H5N3O.CH2Cl2/c1-4-7(5-2)6-3;1-4(6)5(10)11-3-2-8-9-7;1-2(4)3(5)6;3-5-4-1-2-6;2-1-3/h4-6H2,1-3H3;4H,2-3H2,1H3;2H,1H3;6H,1-2H2;1H2. The van der Waals surface area contributed by atoms with E-state index in [1.165, 1.54) is 19.6 Å². The van der Waals surface area contributed by atoms with Gasteiger partial charge in [-0.15, -0.1) is 23.2 Å². The van der Waals surface area contributed by atoms with Gasteiger partial charge in [0, 0.05) is 23.0 Å². The van der Waals surface area contributed by atoms with Crippen molar-refractivity contribution >= 4 is 81.7 Å². The summed E-state index contributed by atoms with van der Waals surface area (Å²) in [5, 5.41) is 14.3. The van der Waals surface area contributed by atoms with Crippen molar-refractivity contribution < 1.29 is 19.4 Å². The lowest BCUT2D eigenvalue weighted by Gasteiger charge is -2.13. The summed E-state index contributed by atoms with van der Waals surface area (Å²) < 4.78 is 4.64. The topological polar surface area (TPSA) is 164 Å². The Hall–Kier alpha value is -0.300. The molecule has 0 radical (unpaired) electrons. The van der Waals surface area contributed by atoms with E-state index < -0.39 is 0 Å². The Bertz CT molecular complexity index is 529. The van der Waals surface area contributed by atoms with Crippen molar-refractivity contribution in [3.63, 3.8) is 0 Å². The molecule has 0 aliphatic heterocycles. The van der Waals surface area contributed by atoms with Crippen LogP contribution in [0, 0.1) is 0 Å². The largest absolute Gasteiger partial charge is 0.465 e. The maximum absolute atomic E-state index is 10.7. The van der Waals surface area contributed by atoms with E-state index in [1.54, 1.807) is 13.8 Å². The maximum Gasteiger partial charge on any atom is 0.319 e. The lowest BCUT2D eigenvalue weighted by Crippen LogP contribution is -2.21. The maximum atomic E-state index is 10.7. The first-order chi connectivity index (χ1) is 15.5. The lowest BCUT2D eigenvalue weighted by atomic mass is 10.5. The number of aliphatic hydroxyl groups excluding tert-OH is 1. The van der Waals surface area contributed by atoms with Crippen LogP contribution >= 0.6 is 71.0 Å². The molecule has 11 nitrogen and oxygen atoms in total. The summed E-state index contributed by atoms with van der Waals surface area (Å²) in [5.41, 5.74) is 15.4. The fourth-order valence-electron chi connectivity index (χ4n) is 1.11. The van der Waals surface area contributed by atoms with E-state index in [4.69, 9.17) is 39.4 Å². The van der Waals surface area contributed by atoms with Crippen molar-refractivity contribution in [1.82, 2.24) is 4.90 Å². The molecule has 0 aromatic rings. The number of nitrogens with zero attached hydrogens (tertiary/aromatic N) is 7. The van der Waals surface area contributed by atoms with Crippen LogP contribution in [0.2, 0.25) is 0 Å². The summed E-state index contributed by atoms with van der Waals surface area (Å²) in [6.45, 7) is 14.0. The molecular weight excluding hydrogens is 677 g/mol. The van der Waals surface area contributed by atoms with Crippen LogP contribution in [-0.2, 0) is 14.3 Å². The van der Waals surface area contributed by atoms with Gasteiger partial charge >= 0.3 is 5.97 Å². The number of alkyl halides is 4. The average molecular weight is 711 g/mol. The van der Waals surface area contributed by atoms with Crippen LogP contribution in [-0.4, -0.2) is 81.6 Å². The molecule has 0 aromatic heterocycles. The van der Waals surface area contributed by atoms with Crippen molar-refractivity contribution in [3.05, 3.63) is 20.9 Å².